The predicted octanol–water partition coefficient (Wildman–Crippen LogP) is 4.01. The molecule has 1 fully saturated rings. The van der Waals surface area contributed by atoms with Gasteiger partial charge in [0.15, 0.2) is 5.96 Å². The lowest BCUT2D eigenvalue weighted by Crippen LogP contribution is -2.46. The molecular formula is C18H28BrIN4O. The fraction of sp³-hybridized carbons (Fsp3) is 0.556. The number of aryl methyl sites for hydroxylation is 1. The first-order chi connectivity index (χ1) is 11.5. The van der Waals surface area contributed by atoms with Crippen LogP contribution in [0.4, 0.5) is 5.69 Å². The van der Waals surface area contributed by atoms with Crippen LogP contribution in [0.5, 0.6) is 0 Å². The van der Waals surface area contributed by atoms with Gasteiger partial charge in [-0.15, -0.1) is 24.0 Å². The molecule has 1 aromatic rings. The van der Waals surface area contributed by atoms with Crippen LogP contribution in [0.1, 0.15) is 31.7 Å². The lowest BCUT2D eigenvalue weighted by molar-refractivity contribution is -0.116. The minimum atomic E-state index is 0. The Bertz CT molecular complexity index is 601. The summed E-state index contributed by atoms with van der Waals surface area (Å²) in [5.41, 5.74) is 1.90. The van der Waals surface area contributed by atoms with Gasteiger partial charge in [0.25, 0.3) is 0 Å². The average molecular weight is 523 g/mol. The number of rotatable bonds is 4. The van der Waals surface area contributed by atoms with Crippen molar-refractivity contribution in [2.75, 3.05) is 32.0 Å². The monoisotopic (exact) mass is 522 g/mol. The van der Waals surface area contributed by atoms with Crippen molar-refractivity contribution in [1.29, 1.82) is 0 Å². The lowest BCUT2D eigenvalue weighted by atomic mass is 10.00. The zero-order chi connectivity index (χ0) is 17.5. The van der Waals surface area contributed by atoms with Crippen LogP contribution in [-0.2, 0) is 4.79 Å². The number of carbonyl (C=O) groups excluding carboxylic acids is 1. The smallest absolute Gasteiger partial charge is 0.226 e. The van der Waals surface area contributed by atoms with E-state index in [1.165, 1.54) is 12.8 Å². The van der Waals surface area contributed by atoms with Crippen LogP contribution in [0.2, 0.25) is 0 Å². The van der Waals surface area contributed by atoms with Crippen molar-refractivity contribution >= 4 is 57.5 Å². The van der Waals surface area contributed by atoms with Crippen LogP contribution in [0.25, 0.3) is 0 Å². The normalized spacial score (nSPS) is 15.5. The zero-order valence-electron chi connectivity index (χ0n) is 15.1. The molecule has 1 saturated heterocycles. The molecule has 0 radical (unpaired) electrons. The van der Waals surface area contributed by atoms with Crippen molar-refractivity contribution < 1.29 is 4.79 Å². The van der Waals surface area contributed by atoms with Crippen molar-refractivity contribution in [3.8, 4) is 0 Å². The number of halogens is 2. The Balaban J connectivity index is 0.00000312. The molecule has 140 valence electrons. The number of nitrogens with one attached hydrogen (secondary N) is 2. The first-order valence-electron chi connectivity index (χ1n) is 8.51. The summed E-state index contributed by atoms with van der Waals surface area (Å²) in [5, 5.41) is 6.26. The second kappa shape index (κ2) is 11.0. The zero-order valence-corrected chi connectivity index (χ0v) is 19.1. The predicted molar refractivity (Wildman–Crippen MR) is 119 cm³/mol. The summed E-state index contributed by atoms with van der Waals surface area (Å²) in [6, 6.07) is 5.84. The highest BCUT2D eigenvalue weighted by molar-refractivity contribution is 14.0. The van der Waals surface area contributed by atoms with E-state index in [2.05, 4.69) is 43.4 Å². The summed E-state index contributed by atoms with van der Waals surface area (Å²) >= 11 is 3.43. The van der Waals surface area contributed by atoms with Crippen LogP contribution in [0, 0.1) is 12.8 Å². The molecule has 1 aliphatic rings. The second-order valence-corrected chi connectivity index (χ2v) is 7.32. The number of carbonyl (C=O) groups is 1. The maximum absolute atomic E-state index is 12.1. The third kappa shape index (κ3) is 7.13. The van der Waals surface area contributed by atoms with Crippen LogP contribution >= 0.6 is 39.9 Å². The molecule has 0 aromatic heterocycles. The summed E-state index contributed by atoms with van der Waals surface area (Å²) in [6.07, 6.45) is 2.81. The number of piperidine rings is 1. The van der Waals surface area contributed by atoms with Crippen LogP contribution in [0.15, 0.2) is 27.7 Å². The Morgan fingerprint density at radius 1 is 1.36 bits per heavy atom. The summed E-state index contributed by atoms with van der Waals surface area (Å²) in [6.45, 7) is 6.93. The van der Waals surface area contributed by atoms with Gasteiger partial charge >= 0.3 is 0 Å². The van der Waals surface area contributed by atoms with E-state index >= 15 is 0 Å². The second-order valence-electron chi connectivity index (χ2n) is 6.40. The molecule has 0 atom stereocenters. The van der Waals surface area contributed by atoms with E-state index in [9.17, 15) is 4.79 Å². The topological polar surface area (TPSA) is 56.7 Å². The molecule has 0 aliphatic carbocycles. The molecule has 2 N–H and O–H groups in total. The van der Waals surface area contributed by atoms with Gasteiger partial charge in [-0.05, 0) is 49.4 Å². The summed E-state index contributed by atoms with van der Waals surface area (Å²) < 4.78 is 1.01. The van der Waals surface area contributed by atoms with Crippen LogP contribution < -0.4 is 10.6 Å². The van der Waals surface area contributed by atoms with Crippen molar-refractivity contribution in [2.45, 2.75) is 33.1 Å². The van der Waals surface area contributed by atoms with Gasteiger partial charge < -0.3 is 15.5 Å². The highest BCUT2D eigenvalue weighted by Gasteiger charge is 2.18. The van der Waals surface area contributed by atoms with Crippen LogP contribution in [-0.4, -0.2) is 43.4 Å². The number of amides is 1. The molecule has 1 heterocycles. The van der Waals surface area contributed by atoms with Gasteiger partial charge in [-0.2, -0.15) is 0 Å². The van der Waals surface area contributed by atoms with E-state index in [0.29, 0.717) is 13.0 Å². The highest BCUT2D eigenvalue weighted by Crippen LogP contribution is 2.20. The molecule has 0 saturated carbocycles. The Morgan fingerprint density at radius 3 is 2.64 bits per heavy atom. The van der Waals surface area contributed by atoms with Gasteiger partial charge in [-0.3, -0.25) is 9.79 Å². The molecule has 1 amide bonds. The van der Waals surface area contributed by atoms with E-state index in [-0.39, 0.29) is 29.9 Å². The summed E-state index contributed by atoms with van der Waals surface area (Å²) in [7, 11) is 1.80. The molecular weight excluding hydrogens is 495 g/mol. The Kier molecular flexibility index (Phi) is 9.78. The van der Waals surface area contributed by atoms with E-state index in [1.54, 1.807) is 7.05 Å². The summed E-state index contributed by atoms with van der Waals surface area (Å²) in [5.74, 6) is 1.70. The molecule has 0 bridgehead atoms. The van der Waals surface area contributed by atoms with Gasteiger partial charge in [0.05, 0.1) is 0 Å². The van der Waals surface area contributed by atoms with Gasteiger partial charge in [0.1, 0.15) is 0 Å². The van der Waals surface area contributed by atoms with Crippen molar-refractivity contribution in [2.24, 2.45) is 10.9 Å². The molecule has 0 spiro atoms. The SMILES string of the molecule is CN=C(NCCC(=O)Nc1ccc(Br)cc1C)N1CCC(C)CC1.I. The van der Waals surface area contributed by atoms with E-state index < -0.39 is 0 Å². The van der Waals surface area contributed by atoms with Crippen molar-refractivity contribution in [1.82, 2.24) is 10.2 Å². The third-order valence-corrected chi connectivity index (χ3v) is 4.89. The molecule has 7 heteroatoms. The number of anilines is 1. The molecule has 5 nitrogen and oxygen atoms in total. The van der Waals surface area contributed by atoms with Gasteiger partial charge in [0.2, 0.25) is 5.91 Å². The number of hydrogen-bond donors (Lipinski definition) is 2. The highest BCUT2D eigenvalue weighted by atomic mass is 127. The minimum absolute atomic E-state index is 0. The Hall–Kier alpha value is -0.830. The number of guanidine groups is 1. The third-order valence-electron chi connectivity index (χ3n) is 4.39. The summed E-state index contributed by atoms with van der Waals surface area (Å²) in [4.78, 5) is 18.7. The van der Waals surface area contributed by atoms with Gasteiger partial charge in [-0.1, -0.05) is 22.9 Å². The number of aliphatic imine (C=N–C) groups is 1. The minimum Gasteiger partial charge on any atom is -0.356 e. The van der Waals surface area contributed by atoms with E-state index in [1.807, 2.05) is 25.1 Å². The van der Waals surface area contributed by atoms with Crippen molar-refractivity contribution in [3.63, 3.8) is 0 Å². The number of benzene rings is 1. The maximum atomic E-state index is 12.1. The van der Waals surface area contributed by atoms with Gasteiger partial charge in [-0.25, -0.2) is 0 Å². The molecule has 0 unspecified atom stereocenters. The van der Waals surface area contributed by atoms with Gasteiger partial charge in [0, 0.05) is 43.3 Å². The molecule has 1 aromatic carbocycles. The number of nitrogens with zero attached hydrogens (tertiary/aromatic N) is 2. The van der Waals surface area contributed by atoms with E-state index in [4.69, 9.17) is 0 Å². The number of likely N-dealkylation sites (tertiary alicyclic amines) is 1. The first kappa shape index (κ1) is 22.2. The Labute approximate surface area is 176 Å². The first-order valence-corrected chi connectivity index (χ1v) is 9.30. The van der Waals surface area contributed by atoms with Crippen LogP contribution in [0.3, 0.4) is 0 Å². The average Bonchev–Trinajstić information content (AvgIpc) is 2.55. The largest absolute Gasteiger partial charge is 0.356 e. The van der Waals surface area contributed by atoms with Crippen molar-refractivity contribution in [3.05, 3.63) is 28.2 Å². The fourth-order valence-electron chi connectivity index (χ4n) is 2.82. The molecule has 2 rings (SSSR count). The maximum Gasteiger partial charge on any atom is 0.226 e. The quantitative estimate of drug-likeness (QED) is 0.357. The lowest BCUT2D eigenvalue weighted by Gasteiger charge is -2.32. The molecule has 1 aliphatic heterocycles. The fourth-order valence-corrected chi connectivity index (χ4v) is 3.30. The standard InChI is InChI=1S/C18H27BrN4O.HI/c1-13-7-10-23(11-8-13)18(20-3)21-9-6-17(24)22-16-5-4-15(19)12-14(16)2;/h4-5,12-13H,6-11H2,1-3H3,(H,20,21)(H,22,24);1H. The number of hydrogen-bond acceptors (Lipinski definition) is 2. The van der Waals surface area contributed by atoms with E-state index in [0.717, 1.165) is 40.7 Å². The molecule has 25 heavy (non-hydrogen) atoms. The Morgan fingerprint density at radius 2 is 2.04 bits per heavy atom.